The minimum absolute atomic E-state index is 0.269. The third-order valence-corrected chi connectivity index (χ3v) is 5.62. The van der Waals surface area contributed by atoms with E-state index in [2.05, 4.69) is 16.0 Å². The molecular formula is C24H48N6O15. The van der Waals surface area contributed by atoms with E-state index in [1.54, 1.807) is 0 Å². The van der Waals surface area contributed by atoms with Crippen molar-refractivity contribution < 1.29 is 74.7 Å². The lowest BCUT2D eigenvalue weighted by Gasteiger charge is -1.99. The maximum Gasteiger partial charge on any atom is 0.322 e. The molecule has 45 heavy (non-hydrogen) atoms. The van der Waals surface area contributed by atoms with Gasteiger partial charge in [0.05, 0.1) is 19.8 Å². The summed E-state index contributed by atoms with van der Waals surface area (Å²) in [5.74, 6) is -5.69. The van der Waals surface area contributed by atoms with Crippen LogP contribution >= 0.6 is 0 Å². The van der Waals surface area contributed by atoms with Crippen LogP contribution in [0.15, 0.2) is 0 Å². The Labute approximate surface area is 258 Å². The van der Waals surface area contributed by atoms with Crippen LogP contribution in [0, 0.1) is 0 Å². The molecule has 3 heterocycles. The van der Waals surface area contributed by atoms with E-state index in [-0.39, 0.29) is 18.1 Å². The van der Waals surface area contributed by atoms with E-state index in [1.165, 1.54) is 0 Å². The van der Waals surface area contributed by atoms with Crippen molar-refractivity contribution >= 4 is 35.8 Å². The molecule has 21 heteroatoms. The molecule has 0 aromatic heterocycles. The van der Waals surface area contributed by atoms with Gasteiger partial charge in [0.1, 0.15) is 36.3 Å². The second-order valence-electron chi connectivity index (χ2n) is 9.34. The molecule has 3 saturated heterocycles. The van der Waals surface area contributed by atoms with Crippen LogP contribution in [0.2, 0.25) is 0 Å². The highest BCUT2D eigenvalue weighted by molar-refractivity contribution is 5.75. The summed E-state index contributed by atoms with van der Waals surface area (Å²) < 4.78 is 0. The Hall–Kier alpha value is -3.54. The Kier molecular flexibility index (Phi) is 28.5. The third kappa shape index (κ3) is 26.6. The van der Waals surface area contributed by atoms with E-state index in [1.807, 2.05) is 0 Å². The van der Waals surface area contributed by atoms with Crippen molar-refractivity contribution in [3.05, 3.63) is 0 Å². The van der Waals surface area contributed by atoms with Gasteiger partial charge in [-0.1, -0.05) is 0 Å². The third-order valence-electron chi connectivity index (χ3n) is 5.62. The Morgan fingerprint density at radius 3 is 0.733 bits per heavy atom. The molecule has 0 aromatic rings. The molecule has 0 aromatic carbocycles. The van der Waals surface area contributed by atoms with Crippen molar-refractivity contribution in [1.82, 2.24) is 16.0 Å². The first kappa shape index (κ1) is 45.9. The van der Waals surface area contributed by atoms with Crippen LogP contribution in [0.3, 0.4) is 0 Å². The van der Waals surface area contributed by atoms with E-state index in [4.69, 9.17) is 63.2 Å². The molecule has 0 aliphatic carbocycles. The number of rotatable bonds is 9. The average molecular weight is 661 g/mol. The molecule has 0 radical (unpaired) electrons. The number of carboxylic acids is 6. The minimum atomic E-state index is -1.18. The predicted molar refractivity (Wildman–Crippen MR) is 154 cm³/mol. The summed E-state index contributed by atoms with van der Waals surface area (Å²) in [5, 5.41) is 81.3. The Balaban J connectivity index is -0.000000471. The van der Waals surface area contributed by atoms with Crippen LogP contribution in [0.5, 0.6) is 0 Å². The van der Waals surface area contributed by atoms with Gasteiger partial charge in [-0.15, -0.1) is 0 Å². The van der Waals surface area contributed by atoms with Gasteiger partial charge < -0.3 is 79.1 Å². The van der Waals surface area contributed by atoms with Crippen molar-refractivity contribution in [3.63, 3.8) is 0 Å². The number of carbonyl (C=O) groups is 6. The molecule has 3 aliphatic rings. The van der Waals surface area contributed by atoms with Crippen LogP contribution in [0.4, 0.5) is 0 Å². The zero-order valence-electron chi connectivity index (χ0n) is 24.7. The van der Waals surface area contributed by atoms with Gasteiger partial charge in [0.25, 0.3) is 0 Å². The maximum absolute atomic E-state index is 10.1. The van der Waals surface area contributed by atoms with Crippen LogP contribution in [0.25, 0.3) is 0 Å². The first-order valence-electron chi connectivity index (χ1n) is 13.6. The highest BCUT2D eigenvalue weighted by Gasteiger charge is 2.21. The first-order valence-corrected chi connectivity index (χ1v) is 13.6. The summed E-state index contributed by atoms with van der Waals surface area (Å²) in [4.78, 5) is 59.4. The summed E-state index contributed by atoms with van der Waals surface area (Å²) in [6.45, 7) is 1.06. The number of hydrogen-bond donors (Lipinski definition) is 15. The number of nitrogens with one attached hydrogen (secondary N) is 3. The second-order valence-corrected chi connectivity index (χ2v) is 9.34. The predicted octanol–water partition coefficient (Wildman–Crippen LogP) is -5.36. The normalized spacial score (nSPS) is 21.3. The fourth-order valence-corrected chi connectivity index (χ4v) is 2.92. The van der Waals surface area contributed by atoms with Crippen LogP contribution in [0.1, 0.15) is 38.5 Å². The van der Waals surface area contributed by atoms with E-state index in [0.717, 1.165) is 58.2 Å². The van der Waals surface area contributed by atoms with Crippen molar-refractivity contribution in [2.75, 3.05) is 39.5 Å². The van der Waals surface area contributed by atoms with Gasteiger partial charge in [-0.05, 0) is 58.2 Å². The largest absolute Gasteiger partial charge is 0.480 e. The van der Waals surface area contributed by atoms with Gasteiger partial charge in [0.2, 0.25) is 0 Å². The SMILES string of the molecule is N[C@@H](CO)C(=O)O.N[C@@H](CO)C(=O)O.N[C@@H](CO)C(=O)O.O=C(O)[C@@H]1CCCN1.O=C(O)[C@@H]1CCCN1.O=C(O)[C@@H]1CCCN1. The lowest BCUT2D eigenvalue weighted by Crippen LogP contribution is -2.33. The number of aliphatic hydroxyl groups excluding tert-OH is 3. The molecule has 0 unspecified atom stereocenters. The van der Waals surface area contributed by atoms with Gasteiger partial charge in [-0.25, -0.2) is 0 Å². The molecule has 0 saturated carbocycles. The maximum atomic E-state index is 10.1. The first-order chi connectivity index (χ1) is 21.0. The summed E-state index contributed by atoms with van der Waals surface area (Å²) in [6, 6.07) is -4.18. The van der Waals surface area contributed by atoms with Gasteiger partial charge in [-0.3, -0.25) is 28.8 Å². The second kappa shape index (κ2) is 28.0. The van der Waals surface area contributed by atoms with Crippen molar-refractivity contribution in [1.29, 1.82) is 0 Å². The fourth-order valence-electron chi connectivity index (χ4n) is 2.92. The highest BCUT2D eigenvalue weighted by atomic mass is 16.4. The molecular weight excluding hydrogens is 612 g/mol. The van der Waals surface area contributed by atoms with E-state index in [9.17, 15) is 28.8 Å². The number of aliphatic hydroxyl groups is 3. The quantitative estimate of drug-likeness (QED) is 0.110. The summed E-state index contributed by atoms with van der Waals surface area (Å²) in [7, 11) is 0. The standard InChI is InChI=1S/3C5H9NO2.3C3H7NO3/c3*7-5(8)4-2-1-3-6-4;3*4-2(1-5)3(6)7/h3*4,6H,1-3H2,(H,7,8);3*2,5H,1,4H2,(H,6,7)/t3*4-;3*2-/m000000/s1. The lowest BCUT2D eigenvalue weighted by molar-refractivity contribution is -0.140. The number of carboxylic acid groups (broad SMARTS) is 6. The Bertz CT molecular complexity index is 755. The summed E-state index contributed by atoms with van der Waals surface area (Å²) in [5.41, 5.74) is 14.3. The molecule has 3 fully saturated rings. The molecule has 0 bridgehead atoms. The average Bonchev–Trinajstić information content (AvgIpc) is 3.80. The molecule has 0 amide bonds. The number of nitrogens with two attached hydrogens (primary N) is 3. The molecule has 21 nitrogen and oxygen atoms in total. The van der Waals surface area contributed by atoms with Crippen LogP contribution in [-0.2, 0) is 28.8 Å². The molecule has 3 rings (SSSR count). The monoisotopic (exact) mass is 660 g/mol. The van der Waals surface area contributed by atoms with E-state index in [0.29, 0.717) is 0 Å². The molecule has 6 atom stereocenters. The Morgan fingerprint density at radius 2 is 0.689 bits per heavy atom. The zero-order chi connectivity index (χ0) is 35.5. The van der Waals surface area contributed by atoms with E-state index >= 15 is 0 Å². The van der Waals surface area contributed by atoms with Crippen molar-refractivity contribution in [2.45, 2.75) is 74.8 Å². The van der Waals surface area contributed by atoms with Crippen molar-refractivity contribution in [2.24, 2.45) is 17.2 Å². The summed E-state index contributed by atoms with van der Waals surface area (Å²) >= 11 is 0. The highest BCUT2D eigenvalue weighted by Crippen LogP contribution is 2.04. The topological polar surface area (TPSA) is 399 Å². The van der Waals surface area contributed by atoms with Gasteiger partial charge in [-0.2, -0.15) is 0 Å². The molecule has 18 N–H and O–H groups in total. The molecule has 3 aliphatic heterocycles. The van der Waals surface area contributed by atoms with E-state index < -0.39 is 73.8 Å². The van der Waals surface area contributed by atoms with Crippen molar-refractivity contribution in [3.8, 4) is 0 Å². The van der Waals surface area contributed by atoms with Crippen LogP contribution in [-0.4, -0.2) is 157 Å². The zero-order valence-corrected chi connectivity index (χ0v) is 24.7. The number of hydrogen-bond acceptors (Lipinski definition) is 15. The van der Waals surface area contributed by atoms with Gasteiger partial charge >= 0.3 is 35.8 Å². The fraction of sp³-hybridized carbons (Fsp3) is 0.750. The summed E-state index contributed by atoms with van der Waals surface area (Å²) in [6.07, 6.45) is 5.35. The lowest BCUT2D eigenvalue weighted by atomic mass is 10.2. The Morgan fingerprint density at radius 1 is 0.489 bits per heavy atom. The number of aliphatic carboxylic acids is 6. The van der Waals surface area contributed by atoms with Gasteiger partial charge in [0.15, 0.2) is 0 Å². The molecule has 0 spiro atoms. The smallest absolute Gasteiger partial charge is 0.322 e. The van der Waals surface area contributed by atoms with Gasteiger partial charge in [0, 0.05) is 0 Å². The molecule has 264 valence electrons. The minimum Gasteiger partial charge on any atom is -0.480 e. The van der Waals surface area contributed by atoms with Crippen LogP contribution < -0.4 is 33.2 Å².